The Bertz CT molecular complexity index is 728. The molecule has 0 spiro atoms. The van der Waals surface area contributed by atoms with Gasteiger partial charge in [-0.1, -0.05) is 11.6 Å². The zero-order chi connectivity index (χ0) is 19.3. The van der Waals surface area contributed by atoms with Crippen LogP contribution < -0.4 is 5.32 Å². The van der Waals surface area contributed by atoms with Crippen molar-refractivity contribution in [2.75, 3.05) is 31.6 Å². The van der Waals surface area contributed by atoms with Gasteiger partial charge < -0.3 is 15.0 Å². The standard InChI is InChI=1S/C21H30N4O3/c26-20(14-16-4-2-1-3-5-16)24-11-7-18(8-12-24)25-19(6-10-22-25)23-21(27)17-9-13-28-15-17/h4,6,10,17-18H,1-3,5,7-9,11-15H2,(H,23,27)/t17-/m0/s1. The summed E-state index contributed by atoms with van der Waals surface area (Å²) in [7, 11) is 0. The fourth-order valence-electron chi connectivity index (χ4n) is 4.40. The minimum absolute atomic E-state index is 0.00706. The lowest BCUT2D eigenvalue weighted by Gasteiger charge is -2.33. The molecule has 1 aliphatic carbocycles. The molecule has 4 rings (SSSR count). The molecule has 1 N–H and O–H groups in total. The lowest BCUT2D eigenvalue weighted by molar-refractivity contribution is -0.131. The molecule has 0 saturated carbocycles. The number of hydrogen-bond donors (Lipinski definition) is 1. The Labute approximate surface area is 166 Å². The molecule has 7 nitrogen and oxygen atoms in total. The number of aromatic nitrogens is 2. The van der Waals surface area contributed by atoms with Gasteiger partial charge in [0.25, 0.3) is 0 Å². The van der Waals surface area contributed by atoms with Gasteiger partial charge in [-0.05, 0) is 44.9 Å². The lowest BCUT2D eigenvalue weighted by atomic mass is 9.96. The summed E-state index contributed by atoms with van der Waals surface area (Å²) < 4.78 is 7.22. The van der Waals surface area contributed by atoms with Gasteiger partial charge in [0.2, 0.25) is 11.8 Å². The number of allylic oxidation sites excluding steroid dienone is 1. The maximum Gasteiger partial charge on any atom is 0.231 e. The third kappa shape index (κ3) is 4.46. The topological polar surface area (TPSA) is 76.5 Å². The first-order valence-corrected chi connectivity index (χ1v) is 10.6. The molecule has 0 unspecified atom stereocenters. The minimum atomic E-state index is -0.0723. The van der Waals surface area contributed by atoms with Gasteiger partial charge >= 0.3 is 0 Å². The van der Waals surface area contributed by atoms with E-state index in [2.05, 4.69) is 16.5 Å². The molecule has 2 fully saturated rings. The largest absolute Gasteiger partial charge is 0.381 e. The molecular weight excluding hydrogens is 356 g/mol. The molecule has 0 aromatic carbocycles. The van der Waals surface area contributed by atoms with Crippen LogP contribution >= 0.6 is 0 Å². The maximum absolute atomic E-state index is 12.6. The summed E-state index contributed by atoms with van der Waals surface area (Å²) in [6.45, 7) is 2.65. The molecule has 28 heavy (non-hydrogen) atoms. The number of nitrogens with zero attached hydrogens (tertiary/aromatic N) is 3. The summed E-state index contributed by atoms with van der Waals surface area (Å²) in [5.41, 5.74) is 1.31. The van der Waals surface area contributed by atoms with Gasteiger partial charge in [-0.25, -0.2) is 4.68 Å². The normalized spacial score (nSPS) is 23.5. The molecule has 7 heteroatoms. The molecule has 2 saturated heterocycles. The van der Waals surface area contributed by atoms with E-state index in [-0.39, 0.29) is 23.8 Å². The fraction of sp³-hybridized carbons (Fsp3) is 0.667. The third-order valence-corrected chi connectivity index (χ3v) is 6.15. The summed E-state index contributed by atoms with van der Waals surface area (Å²) in [6.07, 6.45) is 11.7. The summed E-state index contributed by atoms with van der Waals surface area (Å²) in [6, 6.07) is 2.06. The molecule has 1 aromatic heterocycles. The van der Waals surface area contributed by atoms with E-state index in [0.717, 1.165) is 51.0 Å². The Morgan fingerprint density at radius 2 is 2.07 bits per heavy atom. The van der Waals surface area contributed by atoms with E-state index in [9.17, 15) is 9.59 Å². The predicted molar refractivity (Wildman–Crippen MR) is 106 cm³/mol. The molecule has 3 heterocycles. The summed E-state index contributed by atoms with van der Waals surface area (Å²) in [4.78, 5) is 27.0. The van der Waals surface area contributed by atoms with E-state index in [1.807, 2.05) is 15.6 Å². The highest BCUT2D eigenvalue weighted by Gasteiger charge is 2.28. The number of hydrogen-bond acceptors (Lipinski definition) is 4. The van der Waals surface area contributed by atoms with Crippen LogP contribution in [0.25, 0.3) is 0 Å². The number of likely N-dealkylation sites (tertiary alicyclic amines) is 1. The van der Waals surface area contributed by atoms with Crippen molar-refractivity contribution in [1.82, 2.24) is 14.7 Å². The van der Waals surface area contributed by atoms with Gasteiger partial charge in [0.05, 0.1) is 24.8 Å². The number of ether oxygens (including phenoxy) is 1. The van der Waals surface area contributed by atoms with Crippen LogP contribution in [0.4, 0.5) is 5.82 Å². The first kappa shape index (κ1) is 19.2. The summed E-state index contributed by atoms with van der Waals surface area (Å²) in [5, 5.41) is 7.45. The first-order chi connectivity index (χ1) is 13.7. The van der Waals surface area contributed by atoms with Crippen LogP contribution in [-0.4, -0.2) is 52.8 Å². The molecule has 1 atom stereocenters. The highest BCUT2D eigenvalue weighted by Crippen LogP contribution is 2.28. The van der Waals surface area contributed by atoms with Gasteiger partial charge in [-0.3, -0.25) is 9.59 Å². The van der Waals surface area contributed by atoms with Crippen LogP contribution in [0, 0.1) is 5.92 Å². The highest BCUT2D eigenvalue weighted by atomic mass is 16.5. The monoisotopic (exact) mass is 386 g/mol. The number of rotatable bonds is 5. The minimum Gasteiger partial charge on any atom is -0.381 e. The predicted octanol–water partition coefficient (Wildman–Crippen LogP) is 2.91. The van der Waals surface area contributed by atoms with Gasteiger partial charge in [-0.15, -0.1) is 0 Å². The Morgan fingerprint density at radius 3 is 2.79 bits per heavy atom. The smallest absolute Gasteiger partial charge is 0.231 e. The third-order valence-electron chi connectivity index (χ3n) is 6.15. The van der Waals surface area contributed by atoms with E-state index in [0.29, 0.717) is 19.6 Å². The number of amides is 2. The van der Waals surface area contributed by atoms with E-state index >= 15 is 0 Å². The van der Waals surface area contributed by atoms with Gasteiger partial charge in [-0.2, -0.15) is 5.10 Å². The van der Waals surface area contributed by atoms with E-state index < -0.39 is 0 Å². The molecule has 3 aliphatic rings. The second-order valence-electron chi connectivity index (χ2n) is 8.11. The highest BCUT2D eigenvalue weighted by molar-refractivity contribution is 5.92. The molecule has 2 aliphatic heterocycles. The van der Waals surface area contributed by atoms with E-state index in [4.69, 9.17) is 4.74 Å². The second kappa shape index (κ2) is 8.90. The quantitative estimate of drug-likeness (QED) is 0.790. The van der Waals surface area contributed by atoms with Crippen molar-refractivity contribution in [3.05, 3.63) is 23.9 Å². The van der Waals surface area contributed by atoms with Crippen molar-refractivity contribution < 1.29 is 14.3 Å². The second-order valence-corrected chi connectivity index (χ2v) is 8.11. The van der Waals surface area contributed by atoms with Crippen LogP contribution in [0.5, 0.6) is 0 Å². The van der Waals surface area contributed by atoms with E-state index in [1.54, 1.807) is 6.20 Å². The molecule has 1 aromatic rings. The molecule has 152 valence electrons. The van der Waals surface area contributed by atoms with Crippen molar-refractivity contribution in [1.29, 1.82) is 0 Å². The fourth-order valence-corrected chi connectivity index (χ4v) is 4.40. The molecular formula is C21H30N4O3. The van der Waals surface area contributed by atoms with E-state index in [1.165, 1.54) is 18.4 Å². The number of nitrogens with one attached hydrogen (secondary N) is 1. The Kier molecular flexibility index (Phi) is 6.10. The average Bonchev–Trinajstić information content (AvgIpc) is 3.41. The number of carbonyl (C=O) groups is 2. The molecule has 2 amide bonds. The zero-order valence-electron chi connectivity index (χ0n) is 16.4. The van der Waals surface area contributed by atoms with Crippen molar-refractivity contribution >= 4 is 17.6 Å². The van der Waals surface area contributed by atoms with Crippen molar-refractivity contribution in [2.24, 2.45) is 5.92 Å². The summed E-state index contributed by atoms with van der Waals surface area (Å²) in [5.74, 6) is 0.931. The zero-order valence-corrected chi connectivity index (χ0v) is 16.4. The average molecular weight is 386 g/mol. The Hall–Kier alpha value is -2.15. The van der Waals surface area contributed by atoms with Crippen molar-refractivity contribution in [3.63, 3.8) is 0 Å². The van der Waals surface area contributed by atoms with Crippen molar-refractivity contribution in [3.8, 4) is 0 Å². The SMILES string of the molecule is O=C(Nc1ccnn1C1CCN(C(=O)CC2=CCCCC2)CC1)[C@H]1CCOC1. The van der Waals surface area contributed by atoms with Crippen molar-refractivity contribution in [2.45, 2.75) is 57.4 Å². The first-order valence-electron chi connectivity index (χ1n) is 10.6. The Morgan fingerprint density at radius 1 is 1.21 bits per heavy atom. The van der Waals surface area contributed by atoms with Crippen LogP contribution in [0.2, 0.25) is 0 Å². The van der Waals surface area contributed by atoms with Gasteiger partial charge in [0.15, 0.2) is 0 Å². The number of anilines is 1. The number of carbonyl (C=O) groups excluding carboxylic acids is 2. The molecule has 0 bridgehead atoms. The Balaban J connectivity index is 1.30. The van der Waals surface area contributed by atoms with Crippen LogP contribution in [0.15, 0.2) is 23.9 Å². The van der Waals surface area contributed by atoms with Gasteiger partial charge in [0.1, 0.15) is 5.82 Å². The van der Waals surface area contributed by atoms with Crippen LogP contribution in [0.1, 0.15) is 57.4 Å². The van der Waals surface area contributed by atoms with Crippen LogP contribution in [-0.2, 0) is 14.3 Å². The maximum atomic E-state index is 12.6. The lowest BCUT2D eigenvalue weighted by Crippen LogP contribution is -2.39. The summed E-state index contributed by atoms with van der Waals surface area (Å²) >= 11 is 0. The van der Waals surface area contributed by atoms with Gasteiger partial charge in [0, 0.05) is 32.2 Å². The number of piperidine rings is 1. The van der Waals surface area contributed by atoms with Crippen LogP contribution in [0.3, 0.4) is 0 Å². The molecule has 0 radical (unpaired) electrons.